The number of halogens is 1. The molecule has 0 aliphatic rings. The lowest BCUT2D eigenvalue weighted by Crippen LogP contribution is -2.00. The number of rotatable bonds is 5. The van der Waals surface area contributed by atoms with Gasteiger partial charge in [-0.1, -0.05) is 54.6 Å². The third-order valence-electron chi connectivity index (χ3n) is 2.91. The van der Waals surface area contributed by atoms with Crippen LogP contribution in [-0.2, 0) is 12.5 Å². The molecule has 0 atom stereocenters. The largest absolute Gasteiger partial charge is 0.488 e. The van der Waals surface area contributed by atoms with Gasteiger partial charge in [0.2, 0.25) is 0 Å². The number of ether oxygens (including phenoxy) is 1. The molecule has 2 aromatic rings. The third-order valence-corrected chi connectivity index (χ3v) is 3.20. The fourth-order valence-electron chi connectivity index (χ4n) is 1.91. The van der Waals surface area contributed by atoms with Gasteiger partial charge in [-0.2, -0.15) is 0 Å². The van der Waals surface area contributed by atoms with E-state index in [1.807, 2.05) is 61.5 Å². The van der Waals surface area contributed by atoms with Crippen LogP contribution in [0.3, 0.4) is 0 Å². The molecule has 0 unspecified atom stereocenters. The van der Waals surface area contributed by atoms with E-state index in [0.29, 0.717) is 12.5 Å². The first-order valence-corrected chi connectivity index (χ1v) is 6.86. The second kappa shape index (κ2) is 7.01. The molecule has 0 N–H and O–H groups in total. The van der Waals surface area contributed by atoms with Crippen LogP contribution in [0, 0.1) is 0 Å². The molecule has 2 heteroatoms. The highest BCUT2D eigenvalue weighted by molar-refractivity contribution is 6.17. The van der Waals surface area contributed by atoms with E-state index in [9.17, 15) is 0 Å². The van der Waals surface area contributed by atoms with Crippen molar-refractivity contribution < 1.29 is 4.74 Å². The number of alkyl halides is 1. The van der Waals surface area contributed by atoms with Gasteiger partial charge in [-0.3, -0.25) is 0 Å². The van der Waals surface area contributed by atoms with Crippen molar-refractivity contribution in [3.8, 4) is 5.75 Å². The number of para-hydroxylation sites is 1. The third kappa shape index (κ3) is 3.62. The maximum atomic E-state index is 5.93. The van der Waals surface area contributed by atoms with Crippen LogP contribution < -0.4 is 4.74 Å². The molecule has 0 saturated carbocycles. The van der Waals surface area contributed by atoms with Gasteiger partial charge in [0.1, 0.15) is 12.4 Å². The van der Waals surface area contributed by atoms with Crippen molar-refractivity contribution in [2.45, 2.75) is 19.4 Å². The molecule has 0 radical (unpaired) electrons. The van der Waals surface area contributed by atoms with Crippen LogP contribution in [0.15, 0.2) is 54.6 Å². The Kier molecular flexibility index (Phi) is 5.05. The first-order chi connectivity index (χ1) is 9.35. The average Bonchev–Trinajstić information content (AvgIpc) is 2.47. The van der Waals surface area contributed by atoms with Crippen LogP contribution in [0.5, 0.6) is 5.75 Å². The normalized spacial score (nSPS) is 10.8. The smallest absolute Gasteiger partial charge is 0.127 e. The second-order valence-electron chi connectivity index (χ2n) is 4.23. The van der Waals surface area contributed by atoms with Crippen LogP contribution in [0.25, 0.3) is 6.08 Å². The predicted molar refractivity (Wildman–Crippen MR) is 81.5 cm³/mol. The van der Waals surface area contributed by atoms with Crippen molar-refractivity contribution >= 4 is 17.7 Å². The van der Waals surface area contributed by atoms with Crippen LogP contribution in [0.4, 0.5) is 0 Å². The summed E-state index contributed by atoms with van der Waals surface area (Å²) in [6.07, 6.45) is 4.05. The summed E-state index contributed by atoms with van der Waals surface area (Å²) >= 11 is 5.93. The molecule has 0 spiro atoms. The van der Waals surface area contributed by atoms with Crippen molar-refractivity contribution in [2.24, 2.45) is 0 Å². The Labute approximate surface area is 119 Å². The number of benzene rings is 2. The van der Waals surface area contributed by atoms with E-state index in [-0.39, 0.29) is 0 Å². The molecule has 0 bridgehead atoms. The molecule has 0 aromatic heterocycles. The van der Waals surface area contributed by atoms with Gasteiger partial charge >= 0.3 is 0 Å². The maximum absolute atomic E-state index is 5.93. The molecule has 0 amide bonds. The monoisotopic (exact) mass is 272 g/mol. The summed E-state index contributed by atoms with van der Waals surface area (Å²) in [4.78, 5) is 0. The summed E-state index contributed by atoms with van der Waals surface area (Å²) in [6, 6.07) is 16.1. The highest BCUT2D eigenvalue weighted by atomic mass is 35.5. The van der Waals surface area contributed by atoms with Crippen LogP contribution >= 0.6 is 11.6 Å². The Hall–Kier alpha value is -1.73. The van der Waals surface area contributed by atoms with E-state index >= 15 is 0 Å². The molecular weight excluding hydrogens is 256 g/mol. The predicted octanol–water partition coefficient (Wildman–Crippen LogP) is 5.04. The maximum Gasteiger partial charge on any atom is 0.127 e. The van der Waals surface area contributed by atoms with E-state index in [2.05, 4.69) is 6.07 Å². The van der Waals surface area contributed by atoms with Crippen LogP contribution in [-0.4, -0.2) is 0 Å². The Bertz CT molecular complexity index is 561. The van der Waals surface area contributed by atoms with Gasteiger partial charge < -0.3 is 4.74 Å². The van der Waals surface area contributed by atoms with E-state index in [0.717, 1.165) is 22.4 Å². The first-order valence-electron chi connectivity index (χ1n) is 6.32. The number of allylic oxidation sites excluding steroid dienone is 1. The highest BCUT2D eigenvalue weighted by Gasteiger charge is 2.03. The standard InChI is InChI=1S/C17H17ClO/c1-2-7-14-8-5-6-11-17(14)19-13-16-10-4-3-9-15(16)12-18/h2-11H,12-13H2,1H3. The Balaban J connectivity index is 2.14. The topological polar surface area (TPSA) is 9.23 Å². The zero-order valence-electron chi connectivity index (χ0n) is 11.0. The van der Waals surface area contributed by atoms with Gasteiger partial charge in [-0.15, -0.1) is 11.6 Å². The van der Waals surface area contributed by atoms with E-state index in [4.69, 9.17) is 16.3 Å². The molecule has 19 heavy (non-hydrogen) atoms. The molecule has 2 aromatic carbocycles. The van der Waals surface area contributed by atoms with Gasteiger partial charge in [-0.05, 0) is 24.1 Å². The molecule has 98 valence electrons. The molecular formula is C17H17ClO. The Morgan fingerprint density at radius 2 is 1.68 bits per heavy atom. The fraction of sp³-hybridized carbons (Fsp3) is 0.176. The van der Waals surface area contributed by atoms with Gasteiger partial charge in [0.15, 0.2) is 0 Å². The molecule has 0 heterocycles. The number of hydrogen-bond donors (Lipinski definition) is 0. The zero-order valence-corrected chi connectivity index (χ0v) is 11.7. The fourth-order valence-corrected chi connectivity index (χ4v) is 2.17. The van der Waals surface area contributed by atoms with Gasteiger partial charge in [0, 0.05) is 11.4 Å². The van der Waals surface area contributed by atoms with E-state index in [1.165, 1.54) is 0 Å². The molecule has 0 fully saturated rings. The van der Waals surface area contributed by atoms with Crippen molar-refractivity contribution in [1.82, 2.24) is 0 Å². The molecule has 0 aliphatic heterocycles. The second-order valence-corrected chi connectivity index (χ2v) is 4.50. The lowest BCUT2D eigenvalue weighted by Gasteiger charge is -2.11. The minimum atomic E-state index is 0.510. The average molecular weight is 273 g/mol. The summed E-state index contributed by atoms with van der Waals surface area (Å²) in [7, 11) is 0. The van der Waals surface area contributed by atoms with Crippen molar-refractivity contribution in [3.63, 3.8) is 0 Å². The zero-order chi connectivity index (χ0) is 13.5. The summed E-state index contributed by atoms with van der Waals surface area (Å²) < 4.78 is 5.91. The Morgan fingerprint density at radius 1 is 1.00 bits per heavy atom. The Morgan fingerprint density at radius 3 is 2.42 bits per heavy atom. The lowest BCUT2D eigenvalue weighted by molar-refractivity contribution is 0.304. The summed E-state index contributed by atoms with van der Waals surface area (Å²) in [5, 5.41) is 0. The van der Waals surface area contributed by atoms with Crippen molar-refractivity contribution in [2.75, 3.05) is 0 Å². The van der Waals surface area contributed by atoms with Crippen molar-refractivity contribution in [1.29, 1.82) is 0 Å². The molecule has 2 rings (SSSR count). The van der Waals surface area contributed by atoms with Gasteiger partial charge in [-0.25, -0.2) is 0 Å². The van der Waals surface area contributed by atoms with Crippen molar-refractivity contribution in [3.05, 3.63) is 71.3 Å². The summed E-state index contributed by atoms with van der Waals surface area (Å²) in [5.74, 6) is 1.40. The van der Waals surface area contributed by atoms with Crippen LogP contribution in [0.1, 0.15) is 23.6 Å². The lowest BCUT2D eigenvalue weighted by atomic mass is 10.1. The minimum absolute atomic E-state index is 0.510. The summed E-state index contributed by atoms with van der Waals surface area (Å²) in [5.41, 5.74) is 3.34. The first kappa shape index (κ1) is 13.7. The van der Waals surface area contributed by atoms with E-state index in [1.54, 1.807) is 0 Å². The van der Waals surface area contributed by atoms with Crippen LogP contribution in [0.2, 0.25) is 0 Å². The minimum Gasteiger partial charge on any atom is -0.488 e. The molecule has 0 aliphatic carbocycles. The molecule has 1 nitrogen and oxygen atoms in total. The SMILES string of the molecule is CC=Cc1ccccc1OCc1ccccc1CCl. The summed E-state index contributed by atoms with van der Waals surface area (Å²) in [6.45, 7) is 2.54. The van der Waals surface area contributed by atoms with E-state index < -0.39 is 0 Å². The van der Waals surface area contributed by atoms with Gasteiger partial charge in [0.05, 0.1) is 0 Å². The van der Waals surface area contributed by atoms with Gasteiger partial charge in [0.25, 0.3) is 0 Å². The quantitative estimate of drug-likeness (QED) is 0.693. The number of hydrogen-bond acceptors (Lipinski definition) is 1. The molecule has 0 saturated heterocycles. The highest BCUT2D eigenvalue weighted by Crippen LogP contribution is 2.22.